The van der Waals surface area contributed by atoms with Gasteiger partial charge in [0, 0.05) is 26.1 Å². The summed E-state index contributed by atoms with van der Waals surface area (Å²) in [5.74, 6) is -0.718. The molecule has 1 aromatic heterocycles. The second-order valence-corrected chi connectivity index (χ2v) is 8.36. The number of rotatable bonds is 4. The van der Waals surface area contributed by atoms with Crippen LogP contribution in [0.25, 0.3) is 5.69 Å². The number of carbonyl (C=O) groups excluding carboxylic acids is 3. The van der Waals surface area contributed by atoms with Crippen molar-refractivity contribution < 1.29 is 14.4 Å². The van der Waals surface area contributed by atoms with Gasteiger partial charge in [0.1, 0.15) is 12.4 Å². The zero-order valence-electron chi connectivity index (χ0n) is 18.2. The first-order chi connectivity index (χ1) is 16.0. The Bertz CT molecular complexity index is 1270. The van der Waals surface area contributed by atoms with E-state index in [2.05, 4.69) is 5.10 Å². The van der Waals surface area contributed by atoms with Gasteiger partial charge in [0.15, 0.2) is 0 Å². The molecule has 3 heterocycles. The molecule has 0 N–H and O–H groups in total. The summed E-state index contributed by atoms with van der Waals surface area (Å²) in [7, 11) is 1.61. The fourth-order valence-corrected chi connectivity index (χ4v) is 4.60. The van der Waals surface area contributed by atoms with E-state index in [9.17, 15) is 19.2 Å². The number of hydrogen-bond acceptors (Lipinski definition) is 5. The zero-order chi connectivity index (χ0) is 23.1. The highest BCUT2D eigenvalue weighted by Crippen LogP contribution is 2.28. The largest absolute Gasteiger partial charge is 0.350 e. The molecule has 0 spiro atoms. The molecule has 0 bridgehead atoms. The van der Waals surface area contributed by atoms with E-state index >= 15 is 0 Å². The van der Waals surface area contributed by atoms with Gasteiger partial charge in [-0.3, -0.25) is 19.3 Å². The third-order valence-corrected chi connectivity index (χ3v) is 6.27. The highest BCUT2D eigenvalue weighted by molar-refractivity contribution is 6.22. The molecule has 9 nitrogen and oxygen atoms in total. The molecule has 3 aromatic rings. The SMILES string of the molecule is Cn1nc(C2CCCN(C(=O)CN3C(=O)c4ccccc4C3=O)C2)n(-c2ccccc2)c1=O. The number of carbonyl (C=O) groups is 3. The Kier molecular flexibility index (Phi) is 5.16. The monoisotopic (exact) mass is 445 g/mol. The van der Waals surface area contributed by atoms with E-state index in [1.54, 1.807) is 40.8 Å². The normalized spacial score (nSPS) is 18.0. The number of hydrogen-bond donors (Lipinski definition) is 0. The molecule has 168 valence electrons. The van der Waals surface area contributed by atoms with Crippen molar-refractivity contribution in [2.75, 3.05) is 19.6 Å². The summed E-state index contributed by atoms with van der Waals surface area (Å²) in [5.41, 5.74) is 1.13. The predicted molar refractivity (Wildman–Crippen MR) is 119 cm³/mol. The van der Waals surface area contributed by atoms with Crippen LogP contribution < -0.4 is 5.69 Å². The maximum Gasteiger partial charge on any atom is 0.350 e. The van der Waals surface area contributed by atoms with Crippen molar-refractivity contribution >= 4 is 17.7 Å². The Labute approximate surface area is 189 Å². The molecule has 5 rings (SSSR count). The minimum atomic E-state index is -0.444. The number of fused-ring (bicyclic) bond motifs is 1. The van der Waals surface area contributed by atoms with Gasteiger partial charge < -0.3 is 4.90 Å². The molecule has 2 aliphatic heterocycles. The van der Waals surface area contributed by atoms with Crippen molar-refractivity contribution in [2.24, 2.45) is 7.05 Å². The molecular formula is C24H23N5O4. The molecule has 1 fully saturated rings. The Morgan fingerprint density at radius 3 is 2.27 bits per heavy atom. The van der Waals surface area contributed by atoms with E-state index in [-0.39, 0.29) is 24.1 Å². The second-order valence-electron chi connectivity index (χ2n) is 8.36. The average molecular weight is 445 g/mol. The molecule has 1 atom stereocenters. The summed E-state index contributed by atoms with van der Waals surface area (Å²) in [6, 6.07) is 15.9. The fraction of sp³-hybridized carbons (Fsp3) is 0.292. The lowest BCUT2D eigenvalue weighted by Gasteiger charge is -2.33. The van der Waals surface area contributed by atoms with E-state index in [1.165, 1.54) is 4.68 Å². The Morgan fingerprint density at radius 2 is 1.61 bits per heavy atom. The van der Waals surface area contributed by atoms with Crippen LogP contribution in [-0.4, -0.2) is 61.5 Å². The lowest BCUT2D eigenvalue weighted by molar-refractivity contribution is -0.132. The van der Waals surface area contributed by atoms with Gasteiger partial charge in [0.05, 0.1) is 16.8 Å². The van der Waals surface area contributed by atoms with Crippen LogP contribution in [0.3, 0.4) is 0 Å². The molecule has 2 aromatic carbocycles. The standard InChI is InChI=1S/C24H23N5O4/c1-26-24(33)29(17-9-3-2-4-10-17)21(25-26)16-8-7-13-27(14-16)20(30)15-28-22(31)18-11-5-6-12-19(18)23(28)32/h2-6,9-12,16H,7-8,13-15H2,1H3. The van der Waals surface area contributed by atoms with Crippen LogP contribution in [0.5, 0.6) is 0 Å². The Morgan fingerprint density at radius 1 is 0.970 bits per heavy atom. The lowest BCUT2D eigenvalue weighted by atomic mass is 9.97. The molecule has 0 saturated carbocycles. The van der Waals surface area contributed by atoms with Crippen molar-refractivity contribution in [3.05, 3.63) is 82.0 Å². The quantitative estimate of drug-likeness (QED) is 0.568. The van der Waals surface area contributed by atoms with Crippen LogP contribution >= 0.6 is 0 Å². The number of nitrogens with zero attached hydrogens (tertiary/aromatic N) is 5. The van der Waals surface area contributed by atoms with Crippen LogP contribution in [-0.2, 0) is 11.8 Å². The number of aryl methyl sites for hydroxylation is 1. The van der Waals surface area contributed by atoms with Gasteiger partial charge in [0.2, 0.25) is 5.91 Å². The molecule has 3 amide bonds. The number of imide groups is 1. The molecular weight excluding hydrogens is 422 g/mol. The van der Waals surface area contributed by atoms with E-state index in [0.29, 0.717) is 30.0 Å². The van der Waals surface area contributed by atoms with Crippen molar-refractivity contribution in [1.29, 1.82) is 0 Å². The third kappa shape index (κ3) is 3.55. The topological polar surface area (TPSA) is 97.5 Å². The molecule has 0 aliphatic carbocycles. The predicted octanol–water partition coefficient (Wildman–Crippen LogP) is 1.57. The fourth-order valence-electron chi connectivity index (χ4n) is 4.60. The van der Waals surface area contributed by atoms with Gasteiger partial charge in [-0.2, -0.15) is 5.10 Å². The van der Waals surface area contributed by atoms with Gasteiger partial charge in [-0.25, -0.2) is 14.0 Å². The highest BCUT2D eigenvalue weighted by Gasteiger charge is 2.38. The molecule has 9 heteroatoms. The second kappa shape index (κ2) is 8.16. The van der Waals surface area contributed by atoms with E-state index < -0.39 is 11.8 Å². The van der Waals surface area contributed by atoms with Gasteiger partial charge >= 0.3 is 5.69 Å². The van der Waals surface area contributed by atoms with E-state index in [4.69, 9.17) is 0 Å². The number of piperidine rings is 1. The summed E-state index contributed by atoms with van der Waals surface area (Å²) in [4.78, 5) is 53.8. The molecule has 0 radical (unpaired) electrons. The maximum atomic E-state index is 13.1. The Hall–Kier alpha value is -4.01. The van der Waals surface area contributed by atoms with Gasteiger partial charge in [-0.15, -0.1) is 0 Å². The number of likely N-dealkylation sites (tertiary alicyclic amines) is 1. The number of aromatic nitrogens is 3. The molecule has 2 aliphatic rings. The van der Waals surface area contributed by atoms with Crippen molar-refractivity contribution in [3.63, 3.8) is 0 Å². The number of para-hydroxylation sites is 1. The first kappa shape index (κ1) is 20.9. The average Bonchev–Trinajstić information content (AvgIpc) is 3.28. The van der Waals surface area contributed by atoms with Crippen molar-refractivity contribution in [3.8, 4) is 5.69 Å². The summed E-state index contributed by atoms with van der Waals surface area (Å²) in [6.45, 7) is 0.596. The Balaban J connectivity index is 1.36. The summed E-state index contributed by atoms with van der Waals surface area (Å²) in [5, 5.41) is 4.47. The minimum absolute atomic E-state index is 0.140. The van der Waals surface area contributed by atoms with Crippen molar-refractivity contribution in [2.45, 2.75) is 18.8 Å². The van der Waals surface area contributed by atoms with Crippen LogP contribution in [0, 0.1) is 0 Å². The first-order valence-corrected chi connectivity index (χ1v) is 10.9. The number of benzene rings is 2. The van der Waals surface area contributed by atoms with Crippen molar-refractivity contribution in [1.82, 2.24) is 24.1 Å². The van der Waals surface area contributed by atoms with Crippen LogP contribution in [0.4, 0.5) is 0 Å². The lowest BCUT2D eigenvalue weighted by Crippen LogP contribution is -2.46. The highest BCUT2D eigenvalue weighted by atomic mass is 16.2. The molecule has 1 unspecified atom stereocenters. The first-order valence-electron chi connectivity index (χ1n) is 10.9. The number of amides is 3. The van der Waals surface area contributed by atoms with Gasteiger partial charge in [0.25, 0.3) is 11.8 Å². The van der Waals surface area contributed by atoms with Gasteiger partial charge in [-0.1, -0.05) is 30.3 Å². The van der Waals surface area contributed by atoms with Crippen LogP contribution in [0.15, 0.2) is 59.4 Å². The zero-order valence-corrected chi connectivity index (χ0v) is 18.2. The van der Waals surface area contributed by atoms with E-state index in [0.717, 1.165) is 23.4 Å². The minimum Gasteiger partial charge on any atom is -0.340 e. The summed E-state index contributed by atoms with van der Waals surface area (Å²) in [6.07, 6.45) is 1.51. The smallest absolute Gasteiger partial charge is 0.340 e. The third-order valence-electron chi connectivity index (χ3n) is 6.27. The van der Waals surface area contributed by atoms with Crippen LogP contribution in [0.2, 0.25) is 0 Å². The van der Waals surface area contributed by atoms with Gasteiger partial charge in [-0.05, 0) is 37.1 Å². The molecule has 33 heavy (non-hydrogen) atoms. The summed E-state index contributed by atoms with van der Waals surface area (Å²) >= 11 is 0. The summed E-state index contributed by atoms with van der Waals surface area (Å²) < 4.78 is 2.89. The maximum absolute atomic E-state index is 13.1. The van der Waals surface area contributed by atoms with Crippen LogP contribution in [0.1, 0.15) is 45.3 Å². The molecule has 1 saturated heterocycles. The van der Waals surface area contributed by atoms with E-state index in [1.807, 2.05) is 30.3 Å².